The fourth-order valence-electron chi connectivity index (χ4n) is 2.10. The number of aryl methyl sites for hydroxylation is 1. The van der Waals surface area contributed by atoms with Crippen molar-refractivity contribution in [2.45, 2.75) is 25.0 Å². The van der Waals surface area contributed by atoms with Crippen LogP contribution in [0.1, 0.15) is 31.3 Å². The summed E-state index contributed by atoms with van der Waals surface area (Å²) in [6.07, 6.45) is 0. The number of alkyl halides is 1. The highest BCUT2D eigenvalue weighted by Crippen LogP contribution is 2.36. The van der Waals surface area contributed by atoms with Gasteiger partial charge in [-0.25, -0.2) is 0 Å². The van der Waals surface area contributed by atoms with Crippen LogP contribution in [0.25, 0.3) is 0 Å². The summed E-state index contributed by atoms with van der Waals surface area (Å²) in [4.78, 5) is 3.02. The molecule has 1 unspecified atom stereocenters. The zero-order chi connectivity index (χ0) is 11.8. The molecule has 0 saturated heterocycles. The van der Waals surface area contributed by atoms with E-state index in [0.717, 1.165) is 13.2 Å². The van der Waals surface area contributed by atoms with Crippen LogP contribution in [0.2, 0.25) is 0 Å². The van der Waals surface area contributed by atoms with Gasteiger partial charge in [-0.1, -0.05) is 34.1 Å². The third-order valence-corrected chi connectivity index (χ3v) is 5.44. The van der Waals surface area contributed by atoms with Crippen molar-refractivity contribution in [1.29, 1.82) is 0 Å². The molecule has 0 aliphatic carbocycles. The van der Waals surface area contributed by atoms with Crippen molar-refractivity contribution in [1.82, 2.24) is 0 Å². The van der Waals surface area contributed by atoms with Crippen LogP contribution in [0.5, 0.6) is 0 Å². The number of rotatable bonds is 2. The van der Waals surface area contributed by atoms with Crippen molar-refractivity contribution in [2.75, 3.05) is 0 Å². The van der Waals surface area contributed by atoms with Gasteiger partial charge in [0.2, 0.25) is 0 Å². The Morgan fingerprint density at radius 3 is 2.76 bits per heavy atom. The van der Waals surface area contributed by atoms with E-state index in [2.05, 4.69) is 53.2 Å². The minimum atomic E-state index is 0.298. The van der Waals surface area contributed by atoms with Crippen LogP contribution in [0, 0.1) is 6.92 Å². The number of benzene rings is 1. The van der Waals surface area contributed by atoms with Gasteiger partial charge in [0.05, 0.1) is 18.0 Å². The van der Waals surface area contributed by atoms with Gasteiger partial charge in [0.15, 0.2) is 0 Å². The van der Waals surface area contributed by atoms with E-state index < -0.39 is 0 Å². The van der Waals surface area contributed by atoms with Crippen molar-refractivity contribution in [2.24, 2.45) is 0 Å². The molecule has 0 N–H and O–H groups in total. The minimum Gasteiger partial charge on any atom is -0.372 e. The quantitative estimate of drug-likeness (QED) is 0.738. The van der Waals surface area contributed by atoms with Crippen LogP contribution in [0.3, 0.4) is 0 Å². The standard InChI is InChI=1S/C14H13BrOS/c1-9-2-5-13(17-9)14(15)10-3-4-11-7-16-8-12(11)6-10/h2-6,14H,7-8H2,1H3. The van der Waals surface area contributed by atoms with Gasteiger partial charge in [-0.15, -0.1) is 11.3 Å². The molecule has 0 saturated carbocycles. The molecule has 1 aromatic carbocycles. The summed E-state index contributed by atoms with van der Waals surface area (Å²) in [5, 5.41) is 0. The maximum atomic E-state index is 5.45. The van der Waals surface area contributed by atoms with Crippen molar-refractivity contribution < 1.29 is 4.74 Å². The van der Waals surface area contributed by atoms with E-state index in [-0.39, 0.29) is 0 Å². The Bertz CT molecular complexity index is 547. The fraction of sp³-hybridized carbons (Fsp3) is 0.286. The smallest absolute Gasteiger partial charge is 0.0738 e. The van der Waals surface area contributed by atoms with Gasteiger partial charge in [-0.2, -0.15) is 0 Å². The minimum absolute atomic E-state index is 0.298. The summed E-state index contributed by atoms with van der Waals surface area (Å²) in [6, 6.07) is 11.0. The highest BCUT2D eigenvalue weighted by molar-refractivity contribution is 9.09. The van der Waals surface area contributed by atoms with Crippen LogP contribution in [-0.2, 0) is 18.0 Å². The predicted octanol–water partition coefficient (Wildman–Crippen LogP) is 4.57. The Balaban J connectivity index is 1.94. The summed E-state index contributed by atoms with van der Waals surface area (Å²) in [6.45, 7) is 3.66. The highest BCUT2D eigenvalue weighted by Gasteiger charge is 2.16. The van der Waals surface area contributed by atoms with Crippen molar-refractivity contribution in [3.8, 4) is 0 Å². The molecule has 1 atom stereocenters. The Labute approximate surface area is 114 Å². The van der Waals surface area contributed by atoms with Crippen LogP contribution in [-0.4, -0.2) is 0 Å². The monoisotopic (exact) mass is 308 g/mol. The predicted molar refractivity (Wildman–Crippen MR) is 74.8 cm³/mol. The van der Waals surface area contributed by atoms with E-state index in [1.165, 1.54) is 26.4 Å². The number of ether oxygens (including phenoxy) is 1. The Kier molecular flexibility index (Phi) is 3.07. The van der Waals surface area contributed by atoms with Crippen molar-refractivity contribution >= 4 is 27.3 Å². The maximum Gasteiger partial charge on any atom is 0.0738 e. The third-order valence-electron chi connectivity index (χ3n) is 3.05. The second kappa shape index (κ2) is 4.56. The van der Waals surface area contributed by atoms with Gasteiger partial charge < -0.3 is 4.74 Å². The van der Waals surface area contributed by atoms with E-state index in [4.69, 9.17) is 4.74 Å². The highest BCUT2D eigenvalue weighted by atomic mass is 79.9. The van der Waals surface area contributed by atoms with Crippen LogP contribution >= 0.6 is 27.3 Å². The Hall–Kier alpha value is -0.640. The maximum absolute atomic E-state index is 5.45. The number of thiophene rings is 1. The first-order valence-electron chi connectivity index (χ1n) is 5.64. The number of hydrogen-bond acceptors (Lipinski definition) is 2. The third kappa shape index (κ3) is 2.19. The van der Waals surface area contributed by atoms with Crippen LogP contribution in [0.4, 0.5) is 0 Å². The summed E-state index contributed by atoms with van der Waals surface area (Å²) in [5.74, 6) is 0. The molecule has 1 aromatic heterocycles. The molecule has 2 heterocycles. The molecule has 2 aromatic rings. The Morgan fingerprint density at radius 1 is 1.18 bits per heavy atom. The van der Waals surface area contributed by atoms with Crippen LogP contribution < -0.4 is 0 Å². The average molecular weight is 309 g/mol. The largest absolute Gasteiger partial charge is 0.372 e. The number of hydrogen-bond donors (Lipinski definition) is 0. The van der Waals surface area contributed by atoms with Gasteiger partial charge in [0.25, 0.3) is 0 Å². The van der Waals surface area contributed by atoms with E-state index in [9.17, 15) is 0 Å². The molecule has 0 amide bonds. The average Bonchev–Trinajstić information content (AvgIpc) is 2.95. The van der Waals surface area contributed by atoms with Gasteiger partial charge >= 0.3 is 0 Å². The molecular weight excluding hydrogens is 296 g/mol. The SMILES string of the molecule is Cc1ccc(C(Br)c2ccc3c(c2)COC3)s1. The summed E-state index contributed by atoms with van der Waals surface area (Å²) in [5.41, 5.74) is 3.98. The Morgan fingerprint density at radius 2 is 2.00 bits per heavy atom. The normalized spacial score (nSPS) is 15.9. The topological polar surface area (TPSA) is 9.23 Å². The first kappa shape index (κ1) is 11.5. The molecule has 88 valence electrons. The van der Waals surface area contributed by atoms with Gasteiger partial charge in [-0.3, -0.25) is 0 Å². The van der Waals surface area contributed by atoms with Crippen molar-refractivity contribution in [3.63, 3.8) is 0 Å². The van der Waals surface area contributed by atoms with E-state index in [1.54, 1.807) is 0 Å². The van der Waals surface area contributed by atoms with Gasteiger partial charge in [0.1, 0.15) is 0 Å². The molecule has 0 fully saturated rings. The molecule has 1 aliphatic rings. The molecule has 0 spiro atoms. The molecule has 3 heteroatoms. The lowest BCUT2D eigenvalue weighted by Gasteiger charge is -2.09. The van der Waals surface area contributed by atoms with E-state index >= 15 is 0 Å². The van der Waals surface area contributed by atoms with Gasteiger partial charge in [-0.05, 0) is 35.7 Å². The molecule has 0 radical (unpaired) electrons. The zero-order valence-corrected chi connectivity index (χ0v) is 12.0. The number of fused-ring (bicyclic) bond motifs is 1. The van der Waals surface area contributed by atoms with E-state index in [1.807, 2.05) is 11.3 Å². The number of halogens is 1. The molecule has 1 nitrogen and oxygen atoms in total. The lowest BCUT2D eigenvalue weighted by molar-refractivity contribution is 0.134. The summed E-state index contributed by atoms with van der Waals surface area (Å²) >= 11 is 5.63. The molecule has 1 aliphatic heterocycles. The first-order chi connectivity index (χ1) is 8.24. The molecule has 0 bridgehead atoms. The first-order valence-corrected chi connectivity index (χ1v) is 7.37. The fourth-order valence-corrected chi connectivity index (χ4v) is 3.70. The summed E-state index contributed by atoms with van der Waals surface area (Å²) < 4.78 is 5.45. The summed E-state index contributed by atoms with van der Waals surface area (Å²) in [7, 11) is 0. The zero-order valence-electron chi connectivity index (χ0n) is 9.57. The lowest BCUT2D eigenvalue weighted by atomic mass is 10.0. The van der Waals surface area contributed by atoms with Gasteiger partial charge in [0, 0.05) is 9.75 Å². The second-order valence-electron chi connectivity index (χ2n) is 4.33. The molecule has 17 heavy (non-hydrogen) atoms. The van der Waals surface area contributed by atoms with Crippen LogP contribution in [0.15, 0.2) is 30.3 Å². The van der Waals surface area contributed by atoms with Crippen molar-refractivity contribution in [3.05, 3.63) is 56.8 Å². The lowest BCUT2D eigenvalue weighted by Crippen LogP contribution is -1.92. The van der Waals surface area contributed by atoms with E-state index in [0.29, 0.717) is 4.83 Å². The molecular formula is C14H13BrOS. The molecule has 3 rings (SSSR count). The second-order valence-corrected chi connectivity index (χ2v) is 6.57.